The minimum Gasteiger partial charge on any atom is -0.481 e. The average molecular weight is 443 g/mol. The number of amides is 3. The Morgan fingerprint density at radius 1 is 1.17 bits per heavy atom. The summed E-state index contributed by atoms with van der Waals surface area (Å²) in [6.07, 6.45) is 3.02. The molecule has 1 saturated heterocycles. The summed E-state index contributed by atoms with van der Waals surface area (Å²) in [5.41, 5.74) is 0.860. The van der Waals surface area contributed by atoms with Crippen molar-refractivity contribution in [1.29, 1.82) is 0 Å². The van der Waals surface area contributed by atoms with E-state index in [4.69, 9.17) is 4.74 Å². The van der Waals surface area contributed by atoms with E-state index < -0.39 is 6.10 Å². The van der Waals surface area contributed by atoms with Gasteiger partial charge in [-0.25, -0.2) is 0 Å². The first kappa shape index (κ1) is 22.0. The molecule has 0 bridgehead atoms. The third kappa shape index (κ3) is 5.67. The number of benzene rings is 2. The van der Waals surface area contributed by atoms with Crippen molar-refractivity contribution in [3.8, 4) is 5.75 Å². The van der Waals surface area contributed by atoms with Gasteiger partial charge in [0.05, 0.1) is 4.91 Å². The normalized spacial score (nSPS) is 16.1. The molecule has 1 N–H and O–H groups in total. The number of hydrogen-bond acceptors (Lipinski definition) is 6. The molecule has 1 aliphatic heterocycles. The van der Waals surface area contributed by atoms with Crippen molar-refractivity contribution in [2.75, 3.05) is 19.3 Å². The number of imide groups is 1. The molecule has 0 spiro atoms. The Hall–Kier alpha value is -2.71. The number of hydrogen-bond donors (Lipinski definition) is 1. The van der Waals surface area contributed by atoms with Crippen molar-refractivity contribution in [2.24, 2.45) is 0 Å². The summed E-state index contributed by atoms with van der Waals surface area (Å²) >= 11 is 2.55. The van der Waals surface area contributed by atoms with E-state index >= 15 is 0 Å². The van der Waals surface area contributed by atoms with Crippen LogP contribution < -0.4 is 10.1 Å². The quantitative estimate of drug-likeness (QED) is 0.491. The molecule has 1 unspecified atom stereocenters. The maximum Gasteiger partial charge on any atom is 0.293 e. The van der Waals surface area contributed by atoms with E-state index in [1.165, 1.54) is 0 Å². The highest BCUT2D eigenvalue weighted by Crippen LogP contribution is 2.32. The van der Waals surface area contributed by atoms with Crippen LogP contribution >= 0.6 is 23.5 Å². The molecule has 0 aromatic heterocycles. The summed E-state index contributed by atoms with van der Waals surface area (Å²) in [7, 11) is 0. The fraction of sp³-hybridized carbons (Fsp3) is 0.227. The van der Waals surface area contributed by atoms with Crippen molar-refractivity contribution in [2.45, 2.75) is 17.9 Å². The molecule has 1 fully saturated rings. The first-order valence-electron chi connectivity index (χ1n) is 9.37. The number of rotatable bonds is 8. The molecule has 0 radical (unpaired) electrons. The fourth-order valence-corrected chi connectivity index (χ4v) is 4.01. The lowest BCUT2D eigenvalue weighted by molar-refractivity contribution is -0.128. The smallest absolute Gasteiger partial charge is 0.293 e. The van der Waals surface area contributed by atoms with Gasteiger partial charge in [0.1, 0.15) is 5.75 Å². The van der Waals surface area contributed by atoms with Crippen molar-refractivity contribution < 1.29 is 19.1 Å². The van der Waals surface area contributed by atoms with Crippen LogP contribution in [0.5, 0.6) is 5.75 Å². The Labute approximate surface area is 184 Å². The van der Waals surface area contributed by atoms with Crippen molar-refractivity contribution in [3.63, 3.8) is 0 Å². The van der Waals surface area contributed by atoms with Crippen LogP contribution in [0.2, 0.25) is 0 Å². The van der Waals surface area contributed by atoms with Gasteiger partial charge in [0.2, 0.25) is 0 Å². The van der Waals surface area contributed by atoms with Crippen LogP contribution in [-0.2, 0) is 9.59 Å². The molecule has 0 saturated carbocycles. The van der Waals surface area contributed by atoms with Crippen LogP contribution in [0, 0.1) is 0 Å². The van der Waals surface area contributed by atoms with Gasteiger partial charge in [0.25, 0.3) is 17.1 Å². The largest absolute Gasteiger partial charge is 0.481 e. The Morgan fingerprint density at radius 3 is 2.53 bits per heavy atom. The number of carbonyl (C=O) groups excluding carboxylic acids is 3. The Morgan fingerprint density at radius 2 is 1.87 bits per heavy atom. The predicted octanol–water partition coefficient (Wildman–Crippen LogP) is 4.03. The van der Waals surface area contributed by atoms with E-state index in [-0.39, 0.29) is 30.1 Å². The molecule has 3 amide bonds. The van der Waals surface area contributed by atoms with E-state index in [9.17, 15) is 14.4 Å². The molecule has 3 rings (SSSR count). The molecule has 2 aromatic carbocycles. The van der Waals surface area contributed by atoms with Crippen molar-refractivity contribution in [1.82, 2.24) is 10.2 Å². The van der Waals surface area contributed by atoms with Crippen LogP contribution in [0.4, 0.5) is 4.79 Å². The monoisotopic (exact) mass is 442 g/mol. The lowest BCUT2D eigenvalue weighted by Gasteiger charge is -2.16. The van der Waals surface area contributed by atoms with Gasteiger partial charge < -0.3 is 10.1 Å². The number of carbonyl (C=O) groups is 3. The summed E-state index contributed by atoms with van der Waals surface area (Å²) in [4.78, 5) is 39.6. The zero-order valence-corrected chi connectivity index (χ0v) is 18.3. The van der Waals surface area contributed by atoms with Crippen molar-refractivity contribution in [3.05, 3.63) is 65.1 Å². The molecule has 156 valence electrons. The van der Waals surface area contributed by atoms with Gasteiger partial charge in [0.15, 0.2) is 6.10 Å². The van der Waals surface area contributed by atoms with Crippen LogP contribution in [0.25, 0.3) is 6.08 Å². The van der Waals surface area contributed by atoms with Gasteiger partial charge in [-0.3, -0.25) is 19.3 Å². The zero-order valence-electron chi connectivity index (χ0n) is 16.7. The zero-order chi connectivity index (χ0) is 21.5. The SMILES string of the molecule is CSc1ccc(/C=C2\SC(=O)N(CCNC(=O)C(C)Oc3ccccc3)C2=O)cc1. The molecule has 1 aliphatic rings. The standard InChI is InChI=1S/C22H22N2O4S2/c1-15(28-17-6-4-3-5-7-17)20(25)23-12-13-24-21(26)19(30-22(24)27)14-16-8-10-18(29-2)11-9-16/h3-11,14-15H,12-13H2,1-2H3,(H,23,25)/b19-14-. The minimum absolute atomic E-state index is 0.108. The Balaban J connectivity index is 1.51. The second-order valence-electron chi connectivity index (χ2n) is 6.47. The Kier molecular flexibility index (Phi) is 7.59. The maximum absolute atomic E-state index is 12.6. The Bertz CT molecular complexity index is 945. The molecule has 30 heavy (non-hydrogen) atoms. The van der Waals surface area contributed by atoms with E-state index in [0.717, 1.165) is 27.1 Å². The minimum atomic E-state index is -0.688. The van der Waals surface area contributed by atoms with Gasteiger partial charge >= 0.3 is 0 Å². The average Bonchev–Trinajstić information content (AvgIpc) is 3.02. The number of ether oxygens (including phenoxy) is 1. The van der Waals surface area contributed by atoms with Crippen LogP contribution in [0.1, 0.15) is 12.5 Å². The predicted molar refractivity (Wildman–Crippen MR) is 120 cm³/mol. The molecule has 2 aromatic rings. The van der Waals surface area contributed by atoms with E-state index in [1.807, 2.05) is 48.7 Å². The fourth-order valence-electron chi connectivity index (χ4n) is 2.74. The highest BCUT2D eigenvalue weighted by molar-refractivity contribution is 8.18. The molecule has 6 nitrogen and oxygen atoms in total. The third-order valence-electron chi connectivity index (χ3n) is 4.35. The number of thioether (sulfide) groups is 2. The van der Waals surface area contributed by atoms with Gasteiger partial charge in [-0.15, -0.1) is 11.8 Å². The van der Waals surface area contributed by atoms with E-state index in [0.29, 0.717) is 10.7 Å². The van der Waals surface area contributed by atoms with Crippen LogP contribution in [0.15, 0.2) is 64.4 Å². The summed E-state index contributed by atoms with van der Waals surface area (Å²) < 4.78 is 5.57. The van der Waals surface area contributed by atoms with Crippen LogP contribution in [0.3, 0.4) is 0 Å². The summed E-state index contributed by atoms with van der Waals surface area (Å²) in [5, 5.41) is 2.37. The molecule has 1 atom stereocenters. The third-order valence-corrected chi connectivity index (χ3v) is 6.00. The molecule has 1 heterocycles. The van der Waals surface area contributed by atoms with Gasteiger partial charge in [-0.05, 0) is 60.8 Å². The lowest BCUT2D eigenvalue weighted by atomic mass is 10.2. The molecular weight excluding hydrogens is 420 g/mol. The van der Waals surface area contributed by atoms with E-state index in [1.54, 1.807) is 36.9 Å². The number of nitrogens with zero attached hydrogens (tertiary/aromatic N) is 1. The lowest BCUT2D eigenvalue weighted by Crippen LogP contribution is -2.41. The highest BCUT2D eigenvalue weighted by Gasteiger charge is 2.34. The second-order valence-corrected chi connectivity index (χ2v) is 8.34. The van der Waals surface area contributed by atoms with Gasteiger partial charge in [0, 0.05) is 18.0 Å². The summed E-state index contributed by atoms with van der Waals surface area (Å²) in [6, 6.07) is 16.8. The summed E-state index contributed by atoms with van der Waals surface area (Å²) in [5.74, 6) is -0.0567. The topological polar surface area (TPSA) is 75.7 Å². The second kappa shape index (κ2) is 10.4. The van der Waals surface area contributed by atoms with Crippen molar-refractivity contribution >= 4 is 46.7 Å². The molecular formula is C22H22N2O4S2. The van der Waals surface area contributed by atoms with Gasteiger partial charge in [-0.2, -0.15) is 0 Å². The first-order chi connectivity index (χ1) is 14.5. The summed E-state index contributed by atoms with van der Waals surface area (Å²) in [6.45, 7) is 1.92. The maximum atomic E-state index is 12.6. The first-order valence-corrected chi connectivity index (χ1v) is 11.4. The number of para-hydroxylation sites is 1. The van der Waals surface area contributed by atoms with Gasteiger partial charge in [-0.1, -0.05) is 30.3 Å². The number of nitrogens with one attached hydrogen (secondary N) is 1. The van der Waals surface area contributed by atoms with E-state index in [2.05, 4.69) is 5.32 Å². The molecule has 0 aliphatic carbocycles. The highest BCUT2D eigenvalue weighted by atomic mass is 32.2. The van der Waals surface area contributed by atoms with Crippen LogP contribution in [-0.4, -0.2) is 47.4 Å². The molecule has 8 heteroatoms.